The number of anilines is 1. The normalized spacial score (nSPS) is 13.3. The van der Waals surface area contributed by atoms with Crippen LogP contribution in [0, 0.1) is 11.3 Å². The Hall–Kier alpha value is -3.63. The zero-order chi connectivity index (χ0) is 20.7. The number of para-hydroxylation sites is 1. The highest BCUT2D eigenvalue weighted by Gasteiger charge is 2.28. The first kappa shape index (κ1) is 18.4. The van der Waals surface area contributed by atoms with Crippen molar-refractivity contribution in [2.75, 3.05) is 5.32 Å². The maximum Gasteiger partial charge on any atom is 0.354 e. The van der Waals surface area contributed by atoms with E-state index in [2.05, 4.69) is 21.5 Å². The fourth-order valence-corrected chi connectivity index (χ4v) is 3.84. The van der Waals surface area contributed by atoms with E-state index in [4.69, 9.17) is 16.1 Å². The summed E-state index contributed by atoms with van der Waals surface area (Å²) in [5.41, 5.74) is 2.99. The van der Waals surface area contributed by atoms with E-state index < -0.39 is 5.69 Å². The Kier molecular flexibility index (Phi) is 4.49. The van der Waals surface area contributed by atoms with Gasteiger partial charge in [0, 0.05) is 11.5 Å². The van der Waals surface area contributed by atoms with Crippen LogP contribution in [0.3, 0.4) is 0 Å². The fraction of sp³-hybridized carbons (Fsp3) is 0.182. The molecule has 1 fully saturated rings. The van der Waals surface area contributed by atoms with Gasteiger partial charge < -0.3 is 9.84 Å². The van der Waals surface area contributed by atoms with Crippen LogP contribution in [0.25, 0.3) is 16.6 Å². The fourth-order valence-electron chi connectivity index (χ4n) is 3.62. The highest BCUT2D eigenvalue weighted by atomic mass is 35.5. The van der Waals surface area contributed by atoms with Gasteiger partial charge in [-0.2, -0.15) is 10.2 Å². The van der Waals surface area contributed by atoms with Crippen LogP contribution >= 0.6 is 11.6 Å². The molecule has 0 bridgehead atoms. The summed E-state index contributed by atoms with van der Waals surface area (Å²) in [7, 11) is 0. The van der Waals surface area contributed by atoms with Crippen LogP contribution < -0.4 is 11.0 Å². The Labute approximate surface area is 176 Å². The molecule has 2 heterocycles. The average Bonchev–Trinajstić information content (AvgIpc) is 3.47. The number of nitriles is 1. The summed E-state index contributed by atoms with van der Waals surface area (Å²) < 4.78 is 6.36. The Morgan fingerprint density at radius 3 is 2.80 bits per heavy atom. The van der Waals surface area contributed by atoms with Crippen molar-refractivity contribution in [2.45, 2.75) is 25.3 Å². The molecule has 30 heavy (non-hydrogen) atoms. The second-order valence-electron chi connectivity index (χ2n) is 7.22. The standard InChI is InChI=1S/C22H16ClN5O2/c23-18-3-1-2-4-19(18)28-20-10-16(13-5-6-13)14(11-24)9-17(20)21(26-22(28)29)25-12-15-7-8-30-27-15/h1-4,7-10,13H,5-6,12H2,(H,25,26,29). The average molecular weight is 418 g/mol. The summed E-state index contributed by atoms with van der Waals surface area (Å²) in [6.07, 6.45) is 3.56. The molecular weight excluding hydrogens is 402 g/mol. The molecule has 0 unspecified atom stereocenters. The number of hydrogen-bond donors (Lipinski definition) is 1. The number of fused-ring (bicyclic) bond motifs is 1. The number of nitrogens with zero attached hydrogens (tertiary/aromatic N) is 4. The highest BCUT2D eigenvalue weighted by Crippen LogP contribution is 2.43. The van der Waals surface area contributed by atoms with Crippen LogP contribution in [-0.2, 0) is 6.54 Å². The summed E-state index contributed by atoms with van der Waals surface area (Å²) in [5, 5.41) is 17.8. The zero-order valence-corrected chi connectivity index (χ0v) is 16.6. The van der Waals surface area contributed by atoms with Gasteiger partial charge in [-0.05, 0) is 48.6 Å². The molecule has 1 aliphatic carbocycles. The lowest BCUT2D eigenvalue weighted by molar-refractivity contribution is 0.412. The summed E-state index contributed by atoms with van der Waals surface area (Å²) >= 11 is 6.40. The van der Waals surface area contributed by atoms with Gasteiger partial charge in [0.05, 0.1) is 34.4 Å². The van der Waals surface area contributed by atoms with E-state index in [1.165, 1.54) is 10.8 Å². The van der Waals surface area contributed by atoms with Gasteiger partial charge in [0.15, 0.2) is 0 Å². The van der Waals surface area contributed by atoms with Crippen molar-refractivity contribution in [3.63, 3.8) is 0 Å². The molecule has 148 valence electrons. The molecule has 0 aliphatic heterocycles. The van der Waals surface area contributed by atoms with Crippen molar-refractivity contribution in [1.29, 1.82) is 5.26 Å². The second kappa shape index (κ2) is 7.32. The topological polar surface area (TPSA) is 96.7 Å². The van der Waals surface area contributed by atoms with Crippen molar-refractivity contribution < 1.29 is 4.52 Å². The molecule has 0 spiro atoms. The molecule has 0 amide bonds. The van der Waals surface area contributed by atoms with Gasteiger partial charge in [-0.15, -0.1) is 0 Å². The second-order valence-corrected chi connectivity index (χ2v) is 7.62. The third-order valence-electron chi connectivity index (χ3n) is 5.22. The number of halogens is 1. The Morgan fingerprint density at radius 1 is 1.27 bits per heavy atom. The summed E-state index contributed by atoms with van der Waals surface area (Å²) in [6.45, 7) is 0.334. The van der Waals surface area contributed by atoms with Gasteiger partial charge in [-0.3, -0.25) is 4.57 Å². The minimum Gasteiger partial charge on any atom is -0.364 e. The molecule has 0 saturated heterocycles. The Morgan fingerprint density at radius 2 is 2.10 bits per heavy atom. The summed E-state index contributed by atoms with van der Waals surface area (Å²) in [6, 6.07) is 14.9. The number of nitrogens with one attached hydrogen (secondary N) is 1. The van der Waals surface area contributed by atoms with Crippen molar-refractivity contribution >= 4 is 28.3 Å². The maximum absolute atomic E-state index is 13.1. The molecule has 8 heteroatoms. The van der Waals surface area contributed by atoms with E-state index in [9.17, 15) is 10.1 Å². The van der Waals surface area contributed by atoms with Crippen LogP contribution in [0.15, 0.2) is 58.0 Å². The molecule has 1 N–H and O–H groups in total. The van der Waals surface area contributed by atoms with Crippen molar-refractivity contribution in [3.05, 3.63) is 81.1 Å². The van der Waals surface area contributed by atoms with Crippen LogP contribution in [-0.4, -0.2) is 14.7 Å². The van der Waals surface area contributed by atoms with E-state index in [1.807, 2.05) is 18.2 Å². The molecular formula is C22H16ClN5O2. The number of hydrogen-bond acceptors (Lipinski definition) is 6. The predicted octanol–water partition coefficient (Wildman–Crippen LogP) is 4.39. The molecule has 2 aromatic carbocycles. The van der Waals surface area contributed by atoms with E-state index in [1.54, 1.807) is 24.3 Å². The lowest BCUT2D eigenvalue weighted by Crippen LogP contribution is -2.24. The largest absolute Gasteiger partial charge is 0.364 e. The number of rotatable bonds is 5. The number of benzene rings is 2. The van der Waals surface area contributed by atoms with E-state index >= 15 is 0 Å². The van der Waals surface area contributed by atoms with Gasteiger partial charge in [-0.1, -0.05) is 28.9 Å². The molecule has 7 nitrogen and oxygen atoms in total. The molecule has 0 radical (unpaired) electrons. The van der Waals surface area contributed by atoms with Crippen LogP contribution in [0.2, 0.25) is 5.02 Å². The highest BCUT2D eigenvalue weighted by molar-refractivity contribution is 6.32. The van der Waals surface area contributed by atoms with Crippen LogP contribution in [0.4, 0.5) is 5.82 Å². The quantitative estimate of drug-likeness (QED) is 0.517. The van der Waals surface area contributed by atoms with Crippen molar-refractivity contribution in [2.24, 2.45) is 0 Å². The third kappa shape index (κ3) is 3.21. The van der Waals surface area contributed by atoms with Gasteiger partial charge >= 0.3 is 5.69 Å². The molecule has 0 atom stereocenters. The molecule has 5 rings (SSSR count). The first-order chi connectivity index (χ1) is 14.7. The third-order valence-corrected chi connectivity index (χ3v) is 5.54. The van der Waals surface area contributed by atoms with E-state index in [0.717, 1.165) is 18.4 Å². The van der Waals surface area contributed by atoms with Gasteiger partial charge in [-0.25, -0.2) is 4.79 Å². The zero-order valence-electron chi connectivity index (χ0n) is 15.8. The van der Waals surface area contributed by atoms with Crippen LogP contribution in [0.5, 0.6) is 0 Å². The Bertz CT molecular complexity index is 1350. The summed E-state index contributed by atoms with van der Waals surface area (Å²) in [5.74, 6) is 0.735. The molecule has 2 aromatic heterocycles. The first-order valence-corrected chi connectivity index (χ1v) is 9.92. The van der Waals surface area contributed by atoms with Gasteiger partial charge in [0.25, 0.3) is 0 Å². The SMILES string of the molecule is N#Cc1cc2c(NCc3ccon3)nc(=O)n(-c3ccccc3Cl)c2cc1C1CC1. The van der Waals surface area contributed by atoms with Crippen molar-refractivity contribution in [1.82, 2.24) is 14.7 Å². The van der Waals surface area contributed by atoms with Crippen molar-refractivity contribution in [3.8, 4) is 11.8 Å². The number of aromatic nitrogens is 3. The molecule has 1 saturated carbocycles. The van der Waals surface area contributed by atoms with Gasteiger partial charge in [0.1, 0.15) is 17.8 Å². The lowest BCUT2D eigenvalue weighted by atomic mass is 10.0. The summed E-state index contributed by atoms with van der Waals surface area (Å²) in [4.78, 5) is 17.3. The lowest BCUT2D eigenvalue weighted by Gasteiger charge is -2.16. The van der Waals surface area contributed by atoms with Crippen LogP contribution in [0.1, 0.15) is 35.6 Å². The first-order valence-electron chi connectivity index (χ1n) is 9.54. The molecule has 1 aliphatic rings. The minimum absolute atomic E-state index is 0.334. The van der Waals surface area contributed by atoms with Gasteiger partial charge in [0.2, 0.25) is 0 Å². The van der Waals surface area contributed by atoms with E-state index in [-0.39, 0.29) is 0 Å². The Balaban J connectivity index is 1.76. The smallest absolute Gasteiger partial charge is 0.354 e. The predicted molar refractivity (Wildman–Crippen MR) is 113 cm³/mol. The molecule has 4 aromatic rings. The minimum atomic E-state index is -0.454. The van der Waals surface area contributed by atoms with E-state index in [0.29, 0.717) is 51.2 Å². The maximum atomic E-state index is 13.1. The monoisotopic (exact) mass is 417 g/mol.